The lowest BCUT2D eigenvalue weighted by Crippen LogP contribution is -2.12. The quantitative estimate of drug-likeness (QED) is 0.693. The fourth-order valence-corrected chi connectivity index (χ4v) is 3.35. The highest BCUT2D eigenvalue weighted by molar-refractivity contribution is 6.01. The number of ether oxygens (including phenoxy) is 3. The molecule has 2 aromatic carbocycles. The van der Waals surface area contributed by atoms with E-state index in [1.54, 1.807) is 14.2 Å². The van der Waals surface area contributed by atoms with Gasteiger partial charge < -0.3 is 14.2 Å². The van der Waals surface area contributed by atoms with Gasteiger partial charge in [0.2, 0.25) is 5.75 Å². The number of Topliss-reactive ketones (excluding diaryl/α,β-unsaturated/α-hetero) is 1. The molecule has 0 spiro atoms. The summed E-state index contributed by atoms with van der Waals surface area (Å²) in [5, 5.41) is 0. The Morgan fingerprint density at radius 2 is 1.67 bits per heavy atom. The van der Waals surface area contributed by atoms with Crippen LogP contribution in [-0.2, 0) is 6.42 Å². The van der Waals surface area contributed by atoms with Crippen molar-refractivity contribution in [3.05, 3.63) is 41.5 Å². The first-order chi connectivity index (χ1) is 12.8. The molecule has 4 heteroatoms. The van der Waals surface area contributed by atoms with E-state index in [1.165, 1.54) is 0 Å². The fourth-order valence-electron chi connectivity index (χ4n) is 3.35. The summed E-state index contributed by atoms with van der Waals surface area (Å²) in [6, 6.07) is 9.89. The average Bonchev–Trinajstić information content (AvgIpc) is 3.00. The normalized spacial score (nSPS) is 13.4. The molecule has 0 saturated carbocycles. The summed E-state index contributed by atoms with van der Waals surface area (Å²) in [6.07, 6.45) is 2.32. The van der Waals surface area contributed by atoms with Gasteiger partial charge in [0.15, 0.2) is 17.3 Å². The van der Waals surface area contributed by atoms with Gasteiger partial charge in [-0.2, -0.15) is 0 Å². The zero-order valence-electron chi connectivity index (χ0n) is 16.8. The molecule has 3 rings (SSSR count). The van der Waals surface area contributed by atoms with E-state index in [4.69, 9.17) is 14.2 Å². The molecule has 0 saturated heterocycles. The summed E-state index contributed by atoms with van der Waals surface area (Å²) in [4.78, 5) is 11.9. The van der Waals surface area contributed by atoms with Crippen LogP contribution in [0.15, 0.2) is 30.3 Å². The Kier molecular flexibility index (Phi) is 5.45. The zero-order valence-corrected chi connectivity index (χ0v) is 16.8. The Bertz CT molecular complexity index is 846. The lowest BCUT2D eigenvalue weighted by atomic mass is 9.93. The zero-order chi connectivity index (χ0) is 19.6. The van der Waals surface area contributed by atoms with Crippen molar-refractivity contribution in [1.82, 2.24) is 0 Å². The van der Waals surface area contributed by atoms with Crippen LogP contribution in [0.3, 0.4) is 0 Å². The van der Waals surface area contributed by atoms with E-state index in [9.17, 15) is 4.79 Å². The van der Waals surface area contributed by atoms with Crippen molar-refractivity contribution in [2.45, 2.75) is 40.0 Å². The molecule has 4 nitrogen and oxygen atoms in total. The molecule has 0 aromatic heterocycles. The number of methoxy groups -OCH3 is 2. The van der Waals surface area contributed by atoms with Gasteiger partial charge in [0.1, 0.15) is 0 Å². The van der Waals surface area contributed by atoms with Gasteiger partial charge in [0.05, 0.1) is 20.8 Å². The first kappa shape index (κ1) is 19.3. The molecule has 0 heterocycles. The van der Waals surface area contributed by atoms with Crippen molar-refractivity contribution < 1.29 is 19.0 Å². The summed E-state index contributed by atoms with van der Waals surface area (Å²) in [7, 11) is 3.25. The SMILES string of the molecule is COc1ccc(-c2ccc3c(c2)CCC3=O)c(OCCC(C)(C)C)c1OC. The largest absolute Gasteiger partial charge is 0.493 e. The maximum Gasteiger partial charge on any atom is 0.203 e. The first-order valence-electron chi connectivity index (χ1n) is 9.38. The summed E-state index contributed by atoms with van der Waals surface area (Å²) in [5.74, 6) is 2.15. The van der Waals surface area contributed by atoms with E-state index in [2.05, 4.69) is 26.8 Å². The maximum absolute atomic E-state index is 11.9. The monoisotopic (exact) mass is 368 g/mol. The van der Waals surface area contributed by atoms with Crippen molar-refractivity contribution in [1.29, 1.82) is 0 Å². The minimum atomic E-state index is 0.181. The molecule has 0 fully saturated rings. The van der Waals surface area contributed by atoms with Gasteiger partial charge in [-0.15, -0.1) is 0 Å². The van der Waals surface area contributed by atoms with Crippen LogP contribution in [0.25, 0.3) is 11.1 Å². The second kappa shape index (κ2) is 7.63. The molecule has 0 aliphatic heterocycles. The topological polar surface area (TPSA) is 44.8 Å². The molecule has 0 N–H and O–H groups in total. The van der Waals surface area contributed by atoms with E-state index < -0.39 is 0 Å². The van der Waals surface area contributed by atoms with Crippen molar-refractivity contribution >= 4 is 5.78 Å². The van der Waals surface area contributed by atoms with Gasteiger partial charge in [-0.25, -0.2) is 0 Å². The van der Waals surface area contributed by atoms with Gasteiger partial charge in [0.25, 0.3) is 0 Å². The van der Waals surface area contributed by atoms with E-state index >= 15 is 0 Å². The Hall–Kier alpha value is -2.49. The van der Waals surface area contributed by atoms with Crippen LogP contribution >= 0.6 is 0 Å². The molecule has 0 bridgehead atoms. The van der Waals surface area contributed by atoms with E-state index in [0.29, 0.717) is 30.3 Å². The Morgan fingerprint density at radius 1 is 0.926 bits per heavy atom. The third kappa shape index (κ3) is 4.10. The Balaban J connectivity index is 2.02. The highest BCUT2D eigenvalue weighted by Gasteiger charge is 2.23. The van der Waals surface area contributed by atoms with E-state index in [0.717, 1.165) is 35.1 Å². The number of rotatable bonds is 6. The van der Waals surface area contributed by atoms with Gasteiger partial charge in [-0.1, -0.05) is 39.0 Å². The van der Waals surface area contributed by atoms with Crippen LogP contribution in [0.5, 0.6) is 17.2 Å². The molecule has 27 heavy (non-hydrogen) atoms. The number of carbonyl (C=O) groups excluding carboxylic acids is 1. The van der Waals surface area contributed by atoms with Gasteiger partial charge >= 0.3 is 0 Å². The van der Waals surface area contributed by atoms with Crippen LogP contribution in [0.1, 0.15) is 49.5 Å². The minimum Gasteiger partial charge on any atom is -0.493 e. The molecule has 1 aliphatic rings. The molecule has 2 aromatic rings. The molecule has 1 aliphatic carbocycles. The Labute approximate surface area is 161 Å². The number of benzene rings is 2. The van der Waals surface area contributed by atoms with E-state index in [1.807, 2.05) is 24.3 Å². The van der Waals surface area contributed by atoms with Gasteiger partial charge in [-0.05, 0) is 41.5 Å². The molecule has 0 radical (unpaired) electrons. The van der Waals surface area contributed by atoms with Crippen molar-refractivity contribution in [2.75, 3.05) is 20.8 Å². The highest BCUT2D eigenvalue weighted by Crippen LogP contribution is 2.45. The molecule has 144 valence electrons. The third-order valence-corrected chi connectivity index (χ3v) is 4.94. The summed E-state index contributed by atoms with van der Waals surface area (Å²) >= 11 is 0. The van der Waals surface area contributed by atoms with Crippen LogP contribution < -0.4 is 14.2 Å². The van der Waals surface area contributed by atoms with Crippen molar-refractivity contribution in [2.24, 2.45) is 5.41 Å². The number of fused-ring (bicyclic) bond motifs is 1. The lowest BCUT2D eigenvalue weighted by molar-refractivity contribution is 0.0994. The second-order valence-corrected chi connectivity index (χ2v) is 8.13. The smallest absolute Gasteiger partial charge is 0.203 e. The van der Waals surface area contributed by atoms with E-state index in [-0.39, 0.29) is 11.2 Å². The molecule has 0 unspecified atom stereocenters. The van der Waals surface area contributed by atoms with Crippen molar-refractivity contribution in [3.63, 3.8) is 0 Å². The van der Waals surface area contributed by atoms with Gasteiger partial charge in [-0.3, -0.25) is 4.79 Å². The highest BCUT2D eigenvalue weighted by atomic mass is 16.5. The average molecular weight is 368 g/mol. The number of carbonyl (C=O) groups is 1. The number of ketones is 1. The molecule has 0 amide bonds. The second-order valence-electron chi connectivity index (χ2n) is 8.13. The van der Waals surface area contributed by atoms with Crippen LogP contribution in [0.2, 0.25) is 0 Å². The molecular formula is C23H28O4. The summed E-state index contributed by atoms with van der Waals surface area (Å²) < 4.78 is 17.3. The fraction of sp³-hybridized carbons (Fsp3) is 0.435. The van der Waals surface area contributed by atoms with Crippen molar-refractivity contribution in [3.8, 4) is 28.4 Å². The van der Waals surface area contributed by atoms with Gasteiger partial charge in [0, 0.05) is 17.5 Å². The predicted octanol–water partition coefficient (Wildman–Crippen LogP) is 5.31. The number of aryl methyl sites for hydroxylation is 1. The first-order valence-corrected chi connectivity index (χ1v) is 9.38. The third-order valence-electron chi connectivity index (χ3n) is 4.94. The van der Waals surface area contributed by atoms with Crippen LogP contribution in [0, 0.1) is 5.41 Å². The maximum atomic E-state index is 11.9. The number of hydrogen-bond acceptors (Lipinski definition) is 4. The van der Waals surface area contributed by atoms with Crippen LogP contribution in [-0.4, -0.2) is 26.6 Å². The summed E-state index contributed by atoms with van der Waals surface area (Å²) in [5.41, 5.74) is 4.10. The predicted molar refractivity (Wildman–Crippen MR) is 107 cm³/mol. The standard InChI is InChI=1S/C23H28O4/c1-23(2,3)12-13-27-21-18(9-11-20(25-4)22(21)26-5)16-6-8-17-15(14-16)7-10-19(17)24/h6,8-9,11,14H,7,10,12-13H2,1-5H3. The lowest BCUT2D eigenvalue weighted by Gasteiger charge is -2.21. The molecular weight excluding hydrogens is 340 g/mol. The minimum absolute atomic E-state index is 0.181. The van der Waals surface area contributed by atoms with Crippen LogP contribution in [0.4, 0.5) is 0 Å². The summed E-state index contributed by atoms with van der Waals surface area (Å²) in [6.45, 7) is 7.16. The number of hydrogen-bond donors (Lipinski definition) is 0. The Morgan fingerprint density at radius 3 is 2.33 bits per heavy atom. The molecule has 0 atom stereocenters.